The lowest BCUT2D eigenvalue weighted by molar-refractivity contribution is -0.123. The van der Waals surface area contributed by atoms with Crippen molar-refractivity contribution in [2.45, 2.75) is 46.2 Å². The molecule has 9 heteroatoms. The largest absolute Gasteiger partial charge is 0.357 e. The van der Waals surface area contributed by atoms with Gasteiger partial charge in [-0.15, -0.1) is 24.0 Å². The Morgan fingerprint density at radius 3 is 2.50 bits per heavy atom. The van der Waals surface area contributed by atoms with Crippen molar-refractivity contribution in [1.29, 1.82) is 0 Å². The molecule has 2 rings (SSSR count). The Bertz CT molecular complexity index is 694. The molecule has 0 spiro atoms. The molecule has 1 amide bonds. The van der Waals surface area contributed by atoms with E-state index in [1.54, 1.807) is 0 Å². The van der Waals surface area contributed by atoms with E-state index in [1.165, 1.54) is 5.56 Å². The smallest absolute Gasteiger partial charge is 0.222 e. The number of piperidine rings is 1. The van der Waals surface area contributed by atoms with Crippen molar-refractivity contribution in [3.8, 4) is 0 Å². The lowest BCUT2D eigenvalue weighted by atomic mass is 10.0. The lowest BCUT2D eigenvalue weighted by Gasteiger charge is -2.33. The van der Waals surface area contributed by atoms with Gasteiger partial charge in [-0.2, -0.15) is 0 Å². The van der Waals surface area contributed by atoms with Crippen molar-refractivity contribution in [1.82, 2.24) is 20.9 Å². The van der Waals surface area contributed by atoms with E-state index in [1.807, 2.05) is 32.0 Å². The second kappa shape index (κ2) is 14.3. The van der Waals surface area contributed by atoms with E-state index >= 15 is 0 Å². The second-order valence-corrected chi connectivity index (χ2v) is 8.46. The van der Waals surface area contributed by atoms with E-state index in [4.69, 9.17) is 23.2 Å². The number of carbonyl (C=O) groups is 1. The number of rotatable bonds is 8. The van der Waals surface area contributed by atoms with Crippen LogP contribution in [0.25, 0.3) is 0 Å². The molecule has 170 valence electrons. The highest BCUT2D eigenvalue weighted by molar-refractivity contribution is 14.0. The summed E-state index contributed by atoms with van der Waals surface area (Å²) in [4.78, 5) is 18.6. The summed E-state index contributed by atoms with van der Waals surface area (Å²) in [6.45, 7) is 10.7. The van der Waals surface area contributed by atoms with Crippen molar-refractivity contribution in [3.05, 3.63) is 33.8 Å². The molecule has 30 heavy (non-hydrogen) atoms. The fourth-order valence-corrected chi connectivity index (χ4v) is 3.52. The first kappa shape index (κ1) is 27.3. The predicted molar refractivity (Wildman–Crippen MR) is 137 cm³/mol. The van der Waals surface area contributed by atoms with Gasteiger partial charge in [0.2, 0.25) is 5.91 Å². The van der Waals surface area contributed by atoms with Crippen LogP contribution in [0.3, 0.4) is 0 Å². The topological polar surface area (TPSA) is 68.8 Å². The minimum absolute atomic E-state index is 0. The highest BCUT2D eigenvalue weighted by Gasteiger charge is 2.20. The van der Waals surface area contributed by atoms with Gasteiger partial charge in [-0.05, 0) is 37.5 Å². The van der Waals surface area contributed by atoms with Crippen molar-refractivity contribution < 1.29 is 4.79 Å². The van der Waals surface area contributed by atoms with Gasteiger partial charge >= 0.3 is 0 Å². The van der Waals surface area contributed by atoms with Gasteiger partial charge in [-0.25, -0.2) is 0 Å². The number of benzene rings is 1. The fraction of sp³-hybridized carbons (Fsp3) is 0.619. The average Bonchev–Trinajstić information content (AvgIpc) is 2.69. The van der Waals surface area contributed by atoms with E-state index in [0.29, 0.717) is 29.2 Å². The van der Waals surface area contributed by atoms with Gasteiger partial charge in [0.05, 0.1) is 16.6 Å². The van der Waals surface area contributed by atoms with Crippen LogP contribution in [0.4, 0.5) is 0 Å². The first-order chi connectivity index (χ1) is 13.9. The number of amides is 1. The molecule has 1 aromatic rings. The Kier molecular flexibility index (Phi) is 13.0. The molecular weight excluding hydrogens is 536 g/mol. The number of carbonyl (C=O) groups excluding carboxylic acids is 1. The van der Waals surface area contributed by atoms with Gasteiger partial charge in [0.15, 0.2) is 5.96 Å². The number of hydrogen-bond acceptors (Lipinski definition) is 3. The molecule has 1 fully saturated rings. The zero-order chi connectivity index (χ0) is 21.2. The molecule has 0 bridgehead atoms. The molecule has 3 N–H and O–H groups in total. The molecule has 1 heterocycles. The van der Waals surface area contributed by atoms with Crippen molar-refractivity contribution in [3.63, 3.8) is 0 Å². The first-order valence-corrected chi connectivity index (χ1v) is 11.1. The molecule has 0 atom stereocenters. The summed E-state index contributed by atoms with van der Waals surface area (Å²) < 4.78 is 0. The van der Waals surface area contributed by atoms with Crippen LogP contribution in [0.1, 0.15) is 39.2 Å². The van der Waals surface area contributed by atoms with Crippen LogP contribution in [0.15, 0.2) is 23.2 Å². The number of nitrogens with zero attached hydrogens (tertiary/aromatic N) is 2. The molecule has 1 saturated heterocycles. The molecule has 0 aromatic heterocycles. The summed E-state index contributed by atoms with van der Waals surface area (Å²) >= 11 is 12.1. The second-order valence-electron chi connectivity index (χ2n) is 7.65. The summed E-state index contributed by atoms with van der Waals surface area (Å²) in [5, 5.41) is 10.9. The molecular formula is C21H34Cl2IN5O. The van der Waals surface area contributed by atoms with Crippen LogP contribution >= 0.6 is 47.2 Å². The summed E-state index contributed by atoms with van der Waals surface area (Å²) in [5.41, 5.74) is 1.18. The van der Waals surface area contributed by atoms with Crippen LogP contribution in [0, 0.1) is 5.92 Å². The van der Waals surface area contributed by atoms with E-state index in [-0.39, 0.29) is 35.8 Å². The van der Waals surface area contributed by atoms with Crippen LogP contribution in [-0.4, -0.2) is 55.5 Å². The third-order valence-electron chi connectivity index (χ3n) is 4.87. The minimum atomic E-state index is -0.000533. The Morgan fingerprint density at radius 2 is 1.90 bits per heavy atom. The van der Waals surface area contributed by atoms with Gasteiger partial charge in [0.25, 0.3) is 0 Å². The number of aliphatic imine (C=N–C) groups is 1. The number of halogens is 3. The predicted octanol–water partition coefficient (Wildman–Crippen LogP) is 3.90. The fourth-order valence-electron chi connectivity index (χ4n) is 3.20. The highest BCUT2D eigenvalue weighted by atomic mass is 127. The van der Waals surface area contributed by atoms with Crippen molar-refractivity contribution in [2.75, 3.05) is 32.7 Å². The van der Waals surface area contributed by atoms with Gasteiger partial charge in [-0.3, -0.25) is 14.7 Å². The van der Waals surface area contributed by atoms with E-state index in [9.17, 15) is 4.79 Å². The van der Waals surface area contributed by atoms with E-state index in [0.717, 1.165) is 45.0 Å². The van der Waals surface area contributed by atoms with Gasteiger partial charge in [0, 0.05) is 44.7 Å². The van der Waals surface area contributed by atoms with Gasteiger partial charge in [-0.1, -0.05) is 43.1 Å². The molecule has 0 unspecified atom stereocenters. The number of guanidine groups is 1. The SMILES string of the molecule is CCNC(=NCCNC(=O)C(C)C)NC1CCN(Cc2ccc(Cl)c(Cl)c2)CC1.I. The maximum absolute atomic E-state index is 11.6. The number of nitrogens with one attached hydrogen (secondary N) is 3. The van der Waals surface area contributed by atoms with E-state index < -0.39 is 0 Å². The normalized spacial score (nSPS) is 15.6. The van der Waals surface area contributed by atoms with Crippen LogP contribution < -0.4 is 16.0 Å². The first-order valence-electron chi connectivity index (χ1n) is 10.4. The molecule has 1 aromatic carbocycles. The molecule has 1 aliphatic rings. The lowest BCUT2D eigenvalue weighted by Crippen LogP contribution is -2.48. The Labute approximate surface area is 207 Å². The molecule has 0 radical (unpaired) electrons. The third kappa shape index (κ3) is 9.58. The summed E-state index contributed by atoms with van der Waals surface area (Å²) in [6.07, 6.45) is 2.10. The Balaban J connectivity index is 0.00000450. The van der Waals surface area contributed by atoms with Gasteiger partial charge < -0.3 is 16.0 Å². The van der Waals surface area contributed by atoms with E-state index in [2.05, 4.69) is 32.8 Å². The Hall–Kier alpha value is -0.770. The molecule has 6 nitrogen and oxygen atoms in total. The van der Waals surface area contributed by atoms with Crippen molar-refractivity contribution in [2.24, 2.45) is 10.9 Å². The maximum atomic E-state index is 11.6. The third-order valence-corrected chi connectivity index (χ3v) is 5.61. The monoisotopic (exact) mass is 569 g/mol. The van der Waals surface area contributed by atoms with Crippen LogP contribution in [0.2, 0.25) is 10.0 Å². The molecule has 1 aliphatic heterocycles. The summed E-state index contributed by atoms with van der Waals surface area (Å²) in [5.74, 6) is 0.876. The average molecular weight is 570 g/mol. The maximum Gasteiger partial charge on any atom is 0.222 e. The number of likely N-dealkylation sites (tertiary alicyclic amines) is 1. The van der Waals surface area contributed by atoms with Crippen LogP contribution in [0.5, 0.6) is 0 Å². The molecule has 0 saturated carbocycles. The van der Waals surface area contributed by atoms with Crippen LogP contribution in [-0.2, 0) is 11.3 Å². The minimum Gasteiger partial charge on any atom is -0.357 e. The summed E-state index contributed by atoms with van der Waals surface area (Å²) in [7, 11) is 0. The molecule has 0 aliphatic carbocycles. The Morgan fingerprint density at radius 1 is 1.20 bits per heavy atom. The quantitative estimate of drug-likeness (QED) is 0.192. The summed E-state index contributed by atoms with van der Waals surface area (Å²) in [6, 6.07) is 6.23. The van der Waals surface area contributed by atoms with Crippen molar-refractivity contribution >= 4 is 59.0 Å². The zero-order valence-electron chi connectivity index (χ0n) is 18.0. The standard InChI is InChI=1S/C21H33Cl2N5O.HI/c1-4-24-21(26-10-9-25-20(29)15(2)3)27-17-7-11-28(12-8-17)14-16-5-6-18(22)19(23)13-16;/h5-6,13,15,17H,4,7-12,14H2,1-3H3,(H,25,29)(H2,24,26,27);1H. The number of hydrogen-bond donors (Lipinski definition) is 3. The zero-order valence-corrected chi connectivity index (χ0v) is 21.9. The highest BCUT2D eigenvalue weighted by Crippen LogP contribution is 2.24. The van der Waals surface area contributed by atoms with Gasteiger partial charge in [0.1, 0.15) is 0 Å².